The molecule has 6 rings (SSSR count). The number of rotatable bonds is 6. The molecule has 10 heteroatoms. The maximum atomic E-state index is 15.2. The molecule has 0 saturated heterocycles. The molecule has 0 aliphatic heterocycles. The van der Waals surface area contributed by atoms with Crippen LogP contribution in [0.25, 0.3) is 0 Å². The Morgan fingerprint density at radius 2 is 1.70 bits per heavy atom. The molecule has 5 atom stereocenters. The van der Waals surface area contributed by atoms with E-state index in [2.05, 4.69) is 5.32 Å². The number of aliphatic hydroxyl groups is 1. The zero-order valence-electron chi connectivity index (χ0n) is 24.2. The highest BCUT2D eigenvalue weighted by Gasteiger charge is 2.79. The van der Waals surface area contributed by atoms with E-state index in [-0.39, 0.29) is 30.1 Å². The molecule has 2 saturated carbocycles. The predicted octanol–water partition coefficient (Wildman–Crippen LogP) is 7.83. The highest BCUT2D eigenvalue weighted by atomic mass is 19.4. The average Bonchev–Trinajstić information content (AvgIpc) is 3.26. The van der Waals surface area contributed by atoms with Crippen molar-refractivity contribution in [2.24, 2.45) is 17.3 Å². The first kappa shape index (κ1) is 30.5. The minimum atomic E-state index is -5.89. The Morgan fingerprint density at radius 3 is 2.39 bits per heavy atom. The highest BCUT2D eigenvalue weighted by Crippen LogP contribution is 2.70. The van der Waals surface area contributed by atoms with Gasteiger partial charge in [0.15, 0.2) is 5.78 Å². The van der Waals surface area contributed by atoms with E-state index in [9.17, 15) is 33.0 Å². The van der Waals surface area contributed by atoms with E-state index >= 15 is 8.78 Å². The molecule has 0 spiro atoms. The van der Waals surface area contributed by atoms with Crippen LogP contribution in [0.2, 0.25) is 0 Å². The second kappa shape index (κ2) is 10.5. The van der Waals surface area contributed by atoms with E-state index in [0.717, 1.165) is 27.8 Å². The average molecular weight is 616 g/mol. The molecule has 0 amide bonds. The molecule has 234 valence electrons. The molecule has 4 aliphatic carbocycles. The molecular weight excluding hydrogens is 581 g/mol. The van der Waals surface area contributed by atoms with Crippen molar-refractivity contribution in [3.63, 3.8) is 0 Å². The number of carbonyl (C=O) groups is 2. The number of halogens is 5. The van der Waals surface area contributed by atoms with Gasteiger partial charge in [-0.2, -0.15) is 22.0 Å². The van der Waals surface area contributed by atoms with Crippen molar-refractivity contribution in [1.82, 2.24) is 0 Å². The van der Waals surface area contributed by atoms with Crippen LogP contribution in [0.15, 0.2) is 71.3 Å². The number of carbonyl (C=O) groups excluding carboxylic acids is 1. The molecule has 2 unspecified atom stereocenters. The van der Waals surface area contributed by atoms with E-state index in [4.69, 9.17) is 0 Å². The lowest BCUT2D eigenvalue weighted by atomic mass is 9.50. The Labute approximate surface area is 251 Å². The largest absolute Gasteiger partial charge is 0.478 e. The predicted molar refractivity (Wildman–Crippen MR) is 153 cm³/mol. The first-order valence-electron chi connectivity index (χ1n) is 15.0. The van der Waals surface area contributed by atoms with E-state index in [1.165, 1.54) is 13.0 Å². The second-order valence-electron chi connectivity index (χ2n) is 12.9. The van der Waals surface area contributed by atoms with Crippen molar-refractivity contribution < 1.29 is 41.8 Å². The van der Waals surface area contributed by atoms with Crippen LogP contribution in [-0.4, -0.2) is 39.7 Å². The van der Waals surface area contributed by atoms with Crippen LogP contribution < -0.4 is 5.32 Å². The van der Waals surface area contributed by atoms with Crippen molar-refractivity contribution in [1.29, 1.82) is 0 Å². The van der Waals surface area contributed by atoms with Gasteiger partial charge < -0.3 is 15.5 Å². The van der Waals surface area contributed by atoms with Gasteiger partial charge in [0.1, 0.15) is 5.60 Å². The Balaban J connectivity index is 1.38. The quantitative estimate of drug-likeness (QED) is 0.289. The topological polar surface area (TPSA) is 86.6 Å². The summed E-state index contributed by atoms with van der Waals surface area (Å²) in [4.78, 5) is 23.8. The third-order valence-corrected chi connectivity index (χ3v) is 10.8. The van der Waals surface area contributed by atoms with Crippen LogP contribution in [0.4, 0.5) is 27.6 Å². The Kier molecular flexibility index (Phi) is 7.30. The summed E-state index contributed by atoms with van der Waals surface area (Å²) in [7, 11) is 0. The monoisotopic (exact) mass is 615 g/mol. The molecule has 0 bridgehead atoms. The van der Waals surface area contributed by atoms with Crippen LogP contribution in [-0.2, 0) is 11.3 Å². The van der Waals surface area contributed by atoms with Gasteiger partial charge in [-0.05, 0) is 90.8 Å². The van der Waals surface area contributed by atoms with Crippen LogP contribution in [0, 0.1) is 17.3 Å². The molecule has 2 fully saturated rings. The fourth-order valence-corrected chi connectivity index (χ4v) is 8.60. The number of benzene rings is 2. The van der Waals surface area contributed by atoms with Gasteiger partial charge in [0.25, 0.3) is 0 Å². The number of carboxylic acids is 1. The fourth-order valence-electron chi connectivity index (χ4n) is 8.60. The SMILES string of the molecule is C[C@]12C[C@H](c3ccc(CNc4ccccc4C(=O)O)cc3)C3=C4CCC(=O)C=C4CCC3C1CC[C@]2(O)C(F)(F)C(F)(F)F. The molecule has 3 N–H and O–H groups in total. The van der Waals surface area contributed by atoms with Crippen LogP contribution in [0.5, 0.6) is 0 Å². The smallest absolute Gasteiger partial charge is 0.456 e. The second-order valence-corrected chi connectivity index (χ2v) is 12.9. The maximum Gasteiger partial charge on any atom is 0.456 e. The summed E-state index contributed by atoms with van der Waals surface area (Å²) >= 11 is 0. The standard InChI is InChI=1S/C34H34F5NO4/c1-31-17-26(20-8-6-19(7-9-20)18-40-28-5-3-2-4-25(28)30(42)43)29-23-13-11-22(41)16-21(23)10-12-24(29)27(31)14-15-32(31,44)33(35,36)34(37,38)39/h2-9,16,24,26-27,40,44H,10-15,17-18H2,1H3,(H,42,43)/t24?,26-,27?,31+,32-/m1/s1. The number of para-hydroxylation sites is 1. The molecule has 44 heavy (non-hydrogen) atoms. The number of alkyl halides is 5. The molecule has 5 nitrogen and oxygen atoms in total. The molecule has 4 aliphatic rings. The van der Waals surface area contributed by atoms with Crippen LogP contribution in [0.3, 0.4) is 0 Å². The summed E-state index contributed by atoms with van der Waals surface area (Å²) < 4.78 is 71.7. The molecule has 2 aromatic carbocycles. The molecule has 0 aromatic heterocycles. The van der Waals surface area contributed by atoms with Gasteiger partial charge in [-0.15, -0.1) is 0 Å². The summed E-state index contributed by atoms with van der Waals surface area (Å²) in [6, 6.07) is 13.8. The van der Waals surface area contributed by atoms with E-state index < -0.39 is 47.3 Å². The number of ketones is 1. The van der Waals surface area contributed by atoms with Gasteiger partial charge in [-0.3, -0.25) is 4.79 Å². The van der Waals surface area contributed by atoms with Gasteiger partial charge >= 0.3 is 18.1 Å². The summed E-state index contributed by atoms with van der Waals surface area (Å²) in [6.07, 6.45) is -3.01. The van der Waals surface area contributed by atoms with Gasteiger partial charge in [-0.25, -0.2) is 4.79 Å². The number of hydrogen-bond donors (Lipinski definition) is 3. The Morgan fingerprint density at radius 1 is 1.00 bits per heavy atom. The number of nitrogens with one attached hydrogen (secondary N) is 1. The number of carboxylic acid groups (broad SMARTS) is 1. The number of aromatic carboxylic acids is 1. The Bertz CT molecular complexity index is 1560. The van der Waals surface area contributed by atoms with Crippen molar-refractivity contribution in [2.45, 2.75) is 82.0 Å². The molecule has 0 heterocycles. The Hall–Kier alpha value is -3.53. The van der Waals surface area contributed by atoms with Gasteiger partial charge in [0, 0.05) is 30.0 Å². The summed E-state index contributed by atoms with van der Waals surface area (Å²) in [6.45, 7) is 1.71. The maximum absolute atomic E-state index is 15.2. The summed E-state index contributed by atoms with van der Waals surface area (Å²) in [5, 5.41) is 24.0. The normalized spacial score (nSPS) is 30.3. The fraction of sp³-hybridized carbons (Fsp3) is 0.471. The number of hydrogen-bond acceptors (Lipinski definition) is 4. The number of fused-ring (bicyclic) bond motifs is 4. The number of allylic oxidation sites excluding steroid dienone is 4. The van der Waals surface area contributed by atoms with Crippen molar-refractivity contribution in [3.8, 4) is 0 Å². The summed E-state index contributed by atoms with van der Waals surface area (Å²) in [5.74, 6) is -7.68. The summed E-state index contributed by atoms with van der Waals surface area (Å²) in [5.41, 5.74) is 0.124. The lowest BCUT2D eigenvalue weighted by Gasteiger charge is -2.56. The van der Waals surface area contributed by atoms with Crippen molar-refractivity contribution >= 4 is 17.4 Å². The lowest BCUT2D eigenvalue weighted by molar-refractivity contribution is -0.362. The third-order valence-electron chi connectivity index (χ3n) is 10.8. The van der Waals surface area contributed by atoms with Crippen molar-refractivity contribution in [3.05, 3.63) is 88.0 Å². The molecule has 0 radical (unpaired) electrons. The number of anilines is 1. The van der Waals surface area contributed by atoms with Crippen LogP contribution in [0.1, 0.15) is 79.3 Å². The molecular formula is C34H34F5NO4. The first-order chi connectivity index (χ1) is 20.7. The van der Waals surface area contributed by atoms with E-state index in [1.54, 1.807) is 24.3 Å². The minimum absolute atomic E-state index is 0.0291. The molecule has 2 aromatic rings. The third kappa shape index (κ3) is 4.59. The zero-order chi connectivity index (χ0) is 31.7. The van der Waals surface area contributed by atoms with Crippen LogP contribution >= 0.6 is 0 Å². The lowest BCUT2D eigenvalue weighted by Crippen LogP contribution is -2.65. The zero-order valence-corrected chi connectivity index (χ0v) is 24.2. The van der Waals surface area contributed by atoms with E-state index in [1.807, 2.05) is 24.3 Å². The highest BCUT2D eigenvalue weighted by molar-refractivity contribution is 5.94. The minimum Gasteiger partial charge on any atom is -0.478 e. The van der Waals surface area contributed by atoms with Gasteiger partial charge in [0.2, 0.25) is 0 Å². The first-order valence-corrected chi connectivity index (χ1v) is 15.0. The van der Waals surface area contributed by atoms with E-state index in [0.29, 0.717) is 37.9 Å². The van der Waals surface area contributed by atoms with Crippen molar-refractivity contribution in [2.75, 3.05) is 5.32 Å². The van der Waals surface area contributed by atoms with Gasteiger partial charge in [-0.1, -0.05) is 48.9 Å². The van der Waals surface area contributed by atoms with Gasteiger partial charge in [0.05, 0.1) is 5.56 Å².